The molecule has 0 aromatic carbocycles. The van der Waals surface area contributed by atoms with E-state index in [1.165, 1.54) is 0 Å². The molecule has 1 atom stereocenters. The van der Waals surface area contributed by atoms with Crippen LogP contribution in [0.2, 0.25) is 0 Å². The standard InChI is InChI=1S/C11H19NO6S/c1-11(2,10(14)15)19(16,17)7-9(13)12-6-8-4-3-5-18-8/h8H,3-7H2,1-2H3,(H,12,13)(H,14,15). The summed E-state index contributed by atoms with van der Waals surface area (Å²) in [4.78, 5) is 22.4. The molecule has 1 rings (SSSR count). The maximum Gasteiger partial charge on any atom is 0.324 e. The minimum Gasteiger partial charge on any atom is -0.480 e. The number of carboxylic acid groups (broad SMARTS) is 1. The summed E-state index contributed by atoms with van der Waals surface area (Å²) < 4.78 is 27.0. The number of carboxylic acids is 1. The molecule has 1 fully saturated rings. The summed E-state index contributed by atoms with van der Waals surface area (Å²) in [7, 11) is -4.06. The number of ether oxygens (including phenoxy) is 1. The van der Waals surface area contributed by atoms with E-state index < -0.39 is 32.2 Å². The van der Waals surface area contributed by atoms with E-state index in [-0.39, 0.29) is 12.6 Å². The zero-order valence-corrected chi connectivity index (χ0v) is 11.8. The lowest BCUT2D eigenvalue weighted by molar-refractivity contribution is -0.139. The van der Waals surface area contributed by atoms with Gasteiger partial charge in [0.1, 0.15) is 5.75 Å². The molecule has 0 aromatic heterocycles. The average molecular weight is 293 g/mol. The van der Waals surface area contributed by atoms with Crippen molar-refractivity contribution in [1.82, 2.24) is 5.32 Å². The molecule has 1 aliphatic heterocycles. The number of amides is 1. The quantitative estimate of drug-likeness (QED) is 0.687. The van der Waals surface area contributed by atoms with Gasteiger partial charge in [-0.05, 0) is 26.7 Å². The molecule has 0 aromatic rings. The minimum atomic E-state index is -4.06. The van der Waals surface area contributed by atoms with E-state index in [1.807, 2.05) is 0 Å². The fourth-order valence-corrected chi connectivity index (χ4v) is 2.64. The van der Waals surface area contributed by atoms with E-state index in [0.29, 0.717) is 6.61 Å². The van der Waals surface area contributed by atoms with Crippen molar-refractivity contribution < 1.29 is 27.9 Å². The molecule has 0 saturated carbocycles. The molecule has 1 heterocycles. The Morgan fingerprint density at radius 3 is 2.53 bits per heavy atom. The smallest absolute Gasteiger partial charge is 0.324 e. The highest BCUT2D eigenvalue weighted by molar-refractivity contribution is 7.94. The molecule has 0 bridgehead atoms. The summed E-state index contributed by atoms with van der Waals surface area (Å²) in [5, 5.41) is 11.3. The molecule has 19 heavy (non-hydrogen) atoms. The summed E-state index contributed by atoms with van der Waals surface area (Å²) in [5.41, 5.74) is 0. The largest absolute Gasteiger partial charge is 0.480 e. The second-order valence-corrected chi connectivity index (χ2v) is 7.55. The molecular formula is C11H19NO6S. The van der Waals surface area contributed by atoms with Gasteiger partial charge in [-0.2, -0.15) is 0 Å². The number of nitrogens with one attached hydrogen (secondary N) is 1. The first-order valence-electron chi connectivity index (χ1n) is 6.01. The van der Waals surface area contributed by atoms with E-state index in [1.54, 1.807) is 0 Å². The Balaban J connectivity index is 2.53. The van der Waals surface area contributed by atoms with Gasteiger partial charge in [-0.25, -0.2) is 8.42 Å². The van der Waals surface area contributed by atoms with Crippen LogP contribution in [0.15, 0.2) is 0 Å². The summed E-state index contributed by atoms with van der Waals surface area (Å²) in [5.74, 6) is -3.01. The number of hydrogen-bond acceptors (Lipinski definition) is 5. The van der Waals surface area contributed by atoms with Gasteiger partial charge in [0.2, 0.25) is 5.91 Å². The Morgan fingerprint density at radius 1 is 1.42 bits per heavy atom. The number of carbonyl (C=O) groups excluding carboxylic acids is 1. The Labute approximate surface area is 112 Å². The van der Waals surface area contributed by atoms with Crippen LogP contribution in [0.5, 0.6) is 0 Å². The molecule has 2 N–H and O–H groups in total. The van der Waals surface area contributed by atoms with Gasteiger partial charge < -0.3 is 15.2 Å². The highest BCUT2D eigenvalue weighted by atomic mass is 32.2. The Morgan fingerprint density at radius 2 is 2.05 bits per heavy atom. The molecule has 1 aliphatic rings. The Bertz CT molecular complexity index is 450. The van der Waals surface area contributed by atoms with Crippen LogP contribution >= 0.6 is 0 Å². The van der Waals surface area contributed by atoms with Crippen LogP contribution in [0.25, 0.3) is 0 Å². The van der Waals surface area contributed by atoms with Gasteiger partial charge in [0.05, 0.1) is 6.10 Å². The second-order valence-electron chi connectivity index (χ2n) is 5.01. The first kappa shape index (κ1) is 15.9. The second kappa shape index (κ2) is 5.87. The predicted molar refractivity (Wildman–Crippen MR) is 67.5 cm³/mol. The molecule has 110 valence electrons. The Hall–Kier alpha value is -1.15. The number of sulfone groups is 1. The van der Waals surface area contributed by atoms with Crippen molar-refractivity contribution >= 4 is 21.7 Å². The fourth-order valence-electron chi connectivity index (χ4n) is 1.57. The molecule has 1 unspecified atom stereocenters. The normalized spacial score (nSPS) is 20.2. The van der Waals surface area contributed by atoms with Gasteiger partial charge in [0.15, 0.2) is 14.6 Å². The molecule has 0 radical (unpaired) electrons. The molecule has 0 spiro atoms. The van der Waals surface area contributed by atoms with Gasteiger partial charge in [0, 0.05) is 13.2 Å². The number of hydrogen-bond donors (Lipinski definition) is 2. The van der Waals surface area contributed by atoms with Gasteiger partial charge in [0.25, 0.3) is 0 Å². The summed E-state index contributed by atoms with van der Waals surface area (Å²) in [6.07, 6.45) is 1.66. The van der Waals surface area contributed by atoms with Crippen LogP contribution in [0.4, 0.5) is 0 Å². The zero-order valence-electron chi connectivity index (χ0n) is 11.0. The average Bonchev–Trinajstić information content (AvgIpc) is 2.78. The van der Waals surface area contributed by atoms with Crippen LogP contribution in [0.1, 0.15) is 26.7 Å². The first-order chi connectivity index (χ1) is 8.67. The monoisotopic (exact) mass is 293 g/mol. The SMILES string of the molecule is CC(C)(C(=O)O)S(=O)(=O)CC(=O)NCC1CCCO1. The van der Waals surface area contributed by atoms with Crippen LogP contribution < -0.4 is 5.32 Å². The van der Waals surface area contributed by atoms with Crippen LogP contribution in [-0.4, -0.2) is 55.2 Å². The molecule has 1 amide bonds. The molecular weight excluding hydrogens is 274 g/mol. The third kappa shape index (κ3) is 3.90. The summed E-state index contributed by atoms with van der Waals surface area (Å²) in [6.45, 7) is 3.03. The number of carbonyl (C=O) groups is 2. The van der Waals surface area contributed by atoms with Crippen molar-refractivity contribution in [2.24, 2.45) is 0 Å². The lowest BCUT2D eigenvalue weighted by Crippen LogP contribution is -2.46. The lowest BCUT2D eigenvalue weighted by atomic mass is 10.2. The molecule has 1 saturated heterocycles. The minimum absolute atomic E-state index is 0.0841. The van der Waals surface area contributed by atoms with Gasteiger partial charge in [-0.15, -0.1) is 0 Å². The van der Waals surface area contributed by atoms with Crippen molar-refractivity contribution in [2.75, 3.05) is 18.9 Å². The van der Waals surface area contributed by atoms with Crippen molar-refractivity contribution in [2.45, 2.75) is 37.5 Å². The van der Waals surface area contributed by atoms with Crippen LogP contribution in [-0.2, 0) is 24.2 Å². The number of aliphatic carboxylic acids is 1. The third-order valence-electron chi connectivity index (χ3n) is 3.16. The van der Waals surface area contributed by atoms with E-state index >= 15 is 0 Å². The maximum absolute atomic E-state index is 11.8. The zero-order chi connectivity index (χ0) is 14.7. The van der Waals surface area contributed by atoms with Crippen molar-refractivity contribution in [3.05, 3.63) is 0 Å². The predicted octanol–water partition coefficient (Wildman–Crippen LogP) is -0.440. The van der Waals surface area contributed by atoms with Gasteiger partial charge >= 0.3 is 5.97 Å². The molecule has 0 aliphatic carbocycles. The van der Waals surface area contributed by atoms with Gasteiger partial charge in [-0.3, -0.25) is 9.59 Å². The first-order valence-corrected chi connectivity index (χ1v) is 7.66. The van der Waals surface area contributed by atoms with E-state index in [0.717, 1.165) is 26.7 Å². The van der Waals surface area contributed by atoms with Crippen molar-refractivity contribution in [3.8, 4) is 0 Å². The van der Waals surface area contributed by atoms with Crippen LogP contribution in [0, 0.1) is 0 Å². The van der Waals surface area contributed by atoms with Gasteiger partial charge in [-0.1, -0.05) is 0 Å². The van der Waals surface area contributed by atoms with E-state index in [4.69, 9.17) is 9.84 Å². The van der Waals surface area contributed by atoms with E-state index in [9.17, 15) is 18.0 Å². The third-order valence-corrected chi connectivity index (χ3v) is 5.54. The summed E-state index contributed by atoms with van der Waals surface area (Å²) in [6, 6.07) is 0. The maximum atomic E-state index is 11.8. The highest BCUT2D eigenvalue weighted by Crippen LogP contribution is 2.17. The van der Waals surface area contributed by atoms with Crippen molar-refractivity contribution in [1.29, 1.82) is 0 Å². The van der Waals surface area contributed by atoms with Crippen LogP contribution in [0.3, 0.4) is 0 Å². The Kier molecular flexibility index (Phi) is 4.92. The molecule has 7 nitrogen and oxygen atoms in total. The van der Waals surface area contributed by atoms with E-state index in [2.05, 4.69) is 5.32 Å². The topological polar surface area (TPSA) is 110 Å². The highest BCUT2D eigenvalue weighted by Gasteiger charge is 2.42. The lowest BCUT2D eigenvalue weighted by Gasteiger charge is -2.19. The molecule has 8 heteroatoms. The van der Waals surface area contributed by atoms with Crippen molar-refractivity contribution in [3.63, 3.8) is 0 Å². The summed E-state index contributed by atoms with van der Waals surface area (Å²) >= 11 is 0. The number of rotatable bonds is 6. The fraction of sp³-hybridized carbons (Fsp3) is 0.818.